The number of benzene rings is 1. The molecule has 0 aliphatic carbocycles. The summed E-state index contributed by atoms with van der Waals surface area (Å²) in [6, 6.07) is 2.67. The first-order valence-corrected chi connectivity index (χ1v) is 7.11. The molecule has 0 spiro atoms. The fraction of sp³-hybridized carbons (Fsp3) is 0.385. The van der Waals surface area contributed by atoms with Crippen LogP contribution in [0.25, 0.3) is 0 Å². The lowest BCUT2D eigenvalue weighted by molar-refractivity contribution is 0.269. The Bertz CT molecular complexity index is 593. The summed E-state index contributed by atoms with van der Waals surface area (Å²) in [5.74, 6) is 2.79. The van der Waals surface area contributed by atoms with Gasteiger partial charge in [0.05, 0.1) is 32.3 Å². The zero-order valence-electron chi connectivity index (χ0n) is 11.6. The summed E-state index contributed by atoms with van der Waals surface area (Å²) in [6.45, 7) is -0.424. The van der Waals surface area contributed by atoms with Crippen molar-refractivity contribution in [2.75, 3.05) is 27.8 Å². The predicted molar refractivity (Wildman–Crippen MR) is 74.1 cm³/mol. The first-order valence-electron chi connectivity index (χ1n) is 5.67. The summed E-state index contributed by atoms with van der Waals surface area (Å²) in [6.07, 6.45) is 5.12. The van der Waals surface area contributed by atoms with E-state index in [2.05, 4.69) is 5.92 Å². The van der Waals surface area contributed by atoms with Gasteiger partial charge < -0.3 is 14.6 Å². The summed E-state index contributed by atoms with van der Waals surface area (Å²) in [5, 5.41) is 9.33. The van der Waals surface area contributed by atoms with Crippen LogP contribution in [0.4, 0.5) is 0 Å². The number of terminal acetylenes is 1. The van der Waals surface area contributed by atoms with E-state index < -0.39 is 10.0 Å². The Morgan fingerprint density at radius 2 is 2.00 bits per heavy atom. The van der Waals surface area contributed by atoms with Gasteiger partial charge in [0, 0.05) is 18.7 Å². The third-order valence-corrected chi connectivity index (χ3v) is 4.50. The van der Waals surface area contributed by atoms with E-state index in [4.69, 9.17) is 15.9 Å². The molecule has 0 atom stereocenters. The van der Waals surface area contributed by atoms with Crippen molar-refractivity contribution >= 4 is 10.0 Å². The lowest BCUT2D eigenvalue weighted by Gasteiger charge is -2.18. The fourth-order valence-corrected chi connectivity index (χ4v) is 2.83. The van der Waals surface area contributed by atoms with Gasteiger partial charge in [-0.05, 0) is 6.07 Å². The topological polar surface area (TPSA) is 76.1 Å². The zero-order chi connectivity index (χ0) is 15.3. The summed E-state index contributed by atoms with van der Waals surface area (Å²) >= 11 is 0. The average Bonchev–Trinajstić information content (AvgIpc) is 2.45. The average molecular weight is 299 g/mol. The number of aliphatic hydroxyl groups excluding tert-OH is 1. The van der Waals surface area contributed by atoms with Crippen LogP contribution in [0.3, 0.4) is 0 Å². The molecule has 0 fully saturated rings. The largest absolute Gasteiger partial charge is 0.493 e. The van der Waals surface area contributed by atoms with E-state index in [1.54, 1.807) is 0 Å². The molecule has 0 saturated heterocycles. The minimum atomic E-state index is -3.75. The van der Waals surface area contributed by atoms with Crippen LogP contribution in [0.2, 0.25) is 0 Å². The molecule has 7 heteroatoms. The van der Waals surface area contributed by atoms with E-state index in [9.17, 15) is 13.5 Å². The van der Waals surface area contributed by atoms with Crippen LogP contribution in [0, 0.1) is 12.3 Å². The Labute approximate surface area is 119 Å². The molecule has 0 aromatic heterocycles. The third-order valence-electron chi connectivity index (χ3n) is 2.72. The minimum absolute atomic E-state index is 0.0167. The Hall–Kier alpha value is -1.75. The molecule has 0 heterocycles. The molecule has 1 aromatic carbocycles. The maximum atomic E-state index is 12.3. The molecule has 1 N–H and O–H groups in total. The Morgan fingerprint density at radius 1 is 1.35 bits per heavy atom. The number of aliphatic hydroxyl groups is 1. The molecular weight excluding hydrogens is 282 g/mol. The van der Waals surface area contributed by atoms with E-state index in [0.717, 1.165) is 4.31 Å². The van der Waals surface area contributed by atoms with E-state index in [1.165, 1.54) is 33.4 Å². The van der Waals surface area contributed by atoms with Crippen molar-refractivity contribution in [3.8, 4) is 23.8 Å². The molecule has 20 heavy (non-hydrogen) atoms. The first kappa shape index (κ1) is 16.3. The number of hydrogen-bond acceptors (Lipinski definition) is 5. The highest BCUT2D eigenvalue weighted by Crippen LogP contribution is 2.34. The van der Waals surface area contributed by atoms with Gasteiger partial charge in [0.25, 0.3) is 0 Å². The van der Waals surface area contributed by atoms with E-state index in [1.807, 2.05) is 0 Å². The third kappa shape index (κ3) is 3.04. The Balaban J connectivity index is 3.44. The monoisotopic (exact) mass is 299 g/mol. The highest BCUT2D eigenvalue weighted by atomic mass is 32.2. The molecule has 110 valence electrons. The number of hydrogen-bond donors (Lipinski definition) is 1. The Kier molecular flexibility index (Phi) is 5.39. The number of sulfonamides is 1. The minimum Gasteiger partial charge on any atom is -0.493 e. The van der Waals surface area contributed by atoms with Gasteiger partial charge in [-0.15, -0.1) is 6.42 Å². The molecule has 0 unspecified atom stereocenters. The van der Waals surface area contributed by atoms with Crippen LogP contribution in [0.5, 0.6) is 11.5 Å². The second-order valence-electron chi connectivity index (χ2n) is 3.94. The van der Waals surface area contributed by atoms with Crippen molar-refractivity contribution in [3.05, 3.63) is 17.7 Å². The van der Waals surface area contributed by atoms with Gasteiger partial charge in [-0.2, -0.15) is 4.31 Å². The second kappa shape index (κ2) is 6.61. The molecule has 6 nitrogen and oxygen atoms in total. The van der Waals surface area contributed by atoms with Crippen LogP contribution in [0.1, 0.15) is 5.56 Å². The first-order chi connectivity index (χ1) is 9.42. The van der Waals surface area contributed by atoms with Crippen LogP contribution in [-0.4, -0.2) is 45.6 Å². The second-order valence-corrected chi connectivity index (χ2v) is 5.99. The summed E-state index contributed by atoms with van der Waals surface area (Å²) in [7, 11) is 0.434. The SMILES string of the molecule is C#CCN(C)S(=O)(=O)c1cc(CO)c(OC)c(OC)c1. The number of ether oxygens (including phenoxy) is 2. The molecule has 0 bridgehead atoms. The molecule has 0 radical (unpaired) electrons. The van der Waals surface area contributed by atoms with Crippen LogP contribution >= 0.6 is 0 Å². The lowest BCUT2D eigenvalue weighted by Crippen LogP contribution is -2.27. The van der Waals surface area contributed by atoms with Crippen molar-refractivity contribution in [1.82, 2.24) is 4.31 Å². The summed E-state index contributed by atoms with van der Waals surface area (Å²) in [5.41, 5.74) is 0.319. The van der Waals surface area contributed by atoms with Crippen LogP contribution in [0.15, 0.2) is 17.0 Å². The Morgan fingerprint density at radius 3 is 2.45 bits per heavy atom. The van der Waals surface area contributed by atoms with E-state index in [0.29, 0.717) is 11.3 Å². The molecule has 0 aliphatic heterocycles. The van der Waals surface area contributed by atoms with E-state index in [-0.39, 0.29) is 23.8 Å². The number of nitrogens with zero attached hydrogens (tertiary/aromatic N) is 1. The molecule has 0 aliphatic rings. The fourth-order valence-electron chi connectivity index (χ4n) is 1.68. The summed E-state index contributed by atoms with van der Waals surface area (Å²) < 4.78 is 35.9. The van der Waals surface area contributed by atoms with Gasteiger partial charge in [0.2, 0.25) is 10.0 Å². The van der Waals surface area contributed by atoms with Gasteiger partial charge in [0.1, 0.15) is 0 Å². The smallest absolute Gasteiger partial charge is 0.243 e. The van der Waals surface area contributed by atoms with Crippen molar-refractivity contribution < 1.29 is 23.0 Å². The van der Waals surface area contributed by atoms with Crippen molar-refractivity contribution in [2.24, 2.45) is 0 Å². The predicted octanol–water partition coefficient (Wildman–Crippen LogP) is 0.450. The zero-order valence-corrected chi connectivity index (χ0v) is 12.4. The van der Waals surface area contributed by atoms with Crippen LogP contribution < -0.4 is 9.47 Å². The van der Waals surface area contributed by atoms with Gasteiger partial charge in [-0.3, -0.25) is 0 Å². The maximum Gasteiger partial charge on any atom is 0.243 e. The van der Waals surface area contributed by atoms with Gasteiger partial charge in [0.15, 0.2) is 11.5 Å². The van der Waals surface area contributed by atoms with Crippen LogP contribution in [-0.2, 0) is 16.6 Å². The van der Waals surface area contributed by atoms with Gasteiger partial charge in [-0.25, -0.2) is 8.42 Å². The molecule has 1 aromatic rings. The maximum absolute atomic E-state index is 12.3. The van der Waals surface area contributed by atoms with Gasteiger partial charge >= 0.3 is 0 Å². The molecular formula is C13H17NO5S. The molecule has 1 rings (SSSR count). The van der Waals surface area contributed by atoms with Crippen molar-refractivity contribution in [3.63, 3.8) is 0 Å². The highest BCUT2D eigenvalue weighted by molar-refractivity contribution is 7.89. The van der Waals surface area contributed by atoms with Crippen molar-refractivity contribution in [2.45, 2.75) is 11.5 Å². The highest BCUT2D eigenvalue weighted by Gasteiger charge is 2.24. The van der Waals surface area contributed by atoms with Gasteiger partial charge in [-0.1, -0.05) is 5.92 Å². The molecule has 0 saturated carbocycles. The molecule has 0 amide bonds. The number of methoxy groups -OCH3 is 2. The van der Waals surface area contributed by atoms with Crippen molar-refractivity contribution in [1.29, 1.82) is 0 Å². The summed E-state index contributed by atoms with van der Waals surface area (Å²) in [4.78, 5) is -0.0167. The lowest BCUT2D eigenvalue weighted by atomic mass is 10.2. The normalized spacial score (nSPS) is 11.2. The van der Waals surface area contributed by atoms with E-state index >= 15 is 0 Å². The standard InChI is InChI=1S/C13H17NO5S/c1-5-6-14(2)20(16,17)11-7-10(9-15)13(19-4)12(8-11)18-3/h1,7-8,15H,6,9H2,2-4H3. The number of rotatable bonds is 6. The quantitative estimate of drug-likeness (QED) is 0.772.